The van der Waals surface area contributed by atoms with Crippen LogP contribution in [-0.2, 0) is 0 Å². The highest BCUT2D eigenvalue weighted by atomic mass is 16.3. The number of allylic oxidation sites excluding steroid dienone is 2. The third-order valence-electron chi connectivity index (χ3n) is 12.7. The lowest BCUT2D eigenvalue weighted by atomic mass is 9.34. The van der Waals surface area contributed by atoms with Crippen molar-refractivity contribution in [1.82, 2.24) is 0 Å². The van der Waals surface area contributed by atoms with Crippen LogP contribution < -0.4 is 0 Å². The number of aliphatic hydroxyl groups excluding tert-OH is 1. The van der Waals surface area contributed by atoms with E-state index in [1.165, 1.54) is 57.8 Å². The maximum atomic E-state index is 10.6. The van der Waals surface area contributed by atoms with Gasteiger partial charge in [-0.2, -0.15) is 0 Å². The number of rotatable bonds is 0. The Morgan fingerprint density at radius 2 is 1.50 bits per heavy atom. The van der Waals surface area contributed by atoms with E-state index in [1.54, 1.807) is 0 Å². The molecule has 0 spiro atoms. The lowest BCUT2D eigenvalue weighted by Gasteiger charge is -2.70. The molecule has 1 N–H and O–H groups in total. The monoisotopic (exact) mass is 412 g/mol. The molecular weight excluding hydrogens is 364 g/mol. The molecule has 9 atom stereocenters. The van der Waals surface area contributed by atoms with Gasteiger partial charge in [0, 0.05) is 0 Å². The van der Waals surface area contributed by atoms with E-state index in [2.05, 4.69) is 54.5 Å². The highest BCUT2D eigenvalue weighted by Crippen LogP contribution is 2.74. The van der Waals surface area contributed by atoms with Crippen molar-refractivity contribution in [3.8, 4) is 0 Å². The predicted molar refractivity (Wildman–Crippen MR) is 126 cm³/mol. The summed E-state index contributed by atoms with van der Waals surface area (Å²) in [6, 6.07) is 0. The van der Waals surface area contributed by atoms with E-state index in [0.717, 1.165) is 18.3 Å². The van der Waals surface area contributed by atoms with Crippen LogP contribution in [0.2, 0.25) is 0 Å². The van der Waals surface area contributed by atoms with Gasteiger partial charge in [-0.15, -0.1) is 0 Å². The largest absolute Gasteiger partial charge is 0.393 e. The molecule has 30 heavy (non-hydrogen) atoms. The molecule has 1 heteroatoms. The first-order valence-electron chi connectivity index (χ1n) is 13.2. The van der Waals surface area contributed by atoms with Gasteiger partial charge in [-0.1, -0.05) is 60.1 Å². The summed E-state index contributed by atoms with van der Waals surface area (Å²) in [5.74, 6) is 2.80. The number of hydrogen-bond acceptors (Lipinski definition) is 1. The maximum absolute atomic E-state index is 10.6. The van der Waals surface area contributed by atoms with E-state index < -0.39 is 0 Å². The zero-order valence-electron chi connectivity index (χ0n) is 21.0. The van der Waals surface area contributed by atoms with Crippen molar-refractivity contribution < 1.29 is 5.11 Å². The molecule has 0 bridgehead atoms. The van der Waals surface area contributed by atoms with Crippen LogP contribution in [0.15, 0.2) is 11.6 Å². The van der Waals surface area contributed by atoms with Crippen LogP contribution in [0.1, 0.15) is 113 Å². The fraction of sp³-hybridized carbons (Fsp3) is 0.931. The van der Waals surface area contributed by atoms with Crippen molar-refractivity contribution in [2.45, 2.75) is 119 Å². The van der Waals surface area contributed by atoms with E-state index in [1.807, 2.05) is 5.57 Å². The number of hydrogen-bond donors (Lipinski definition) is 1. The summed E-state index contributed by atoms with van der Waals surface area (Å²) in [4.78, 5) is 0. The highest BCUT2D eigenvalue weighted by molar-refractivity contribution is 5.30. The average molecular weight is 413 g/mol. The molecule has 0 amide bonds. The molecule has 0 aromatic rings. The lowest BCUT2D eigenvalue weighted by molar-refractivity contribution is -0.182. The second-order valence-electron chi connectivity index (χ2n) is 14.4. The van der Waals surface area contributed by atoms with E-state index in [0.29, 0.717) is 38.9 Å². The lowest BCUT2D eigenvalue weighted by Crippen LogP contribution is -2.62. The summed E-state index contributed by atoms with van der Waals surface area (Å²) in [5, 5.41) is 10.6. The van der Waals surface area contributed by atoms with Crippen molar-refractivity contribution >= 4 is 0 Å². The quantitative estimate of drug-likeness (QED) is 0.403. The molecular formula is C29H48O. The summed E-state index contributed by atoms with van der Waals surface area (Å²) < 4.78 is 0. The molecule has 0 unspecified atom stereocenters. The van der Waals surface area contributed by atoms with Crippen LogP contribution >= 0.6 is 0 Å². The Hall–Kier alpha value is -0.300. The summed E-state index contributed by atoms with van der Waals surface area (Å²) in [6.45, 7) is 18.0. The van der Waals surface area contributed by atoms with E-state index in [4.69, 9.17) is 0 Å². The van der Waals surface area contributed by atoms with Crippen molar-refractivity contribution in [2.75, 3.05) is 0 Å². The van der Waals surface area contributed by atoms with Gasteiger partial charge in [-0.25, -0.2) is 0 Å². The molecule has 5 rings (SSSR count). The predicted octanol–water partition coefficient (Wildman–Crippen LogP) is 7.78. The minimum Gasteiger partial charge on any atom is -0.393 e. The minimum atomic E-state index is -0.0901. The standard InChI is InChI=1S/C29H48O/c1-19-23(30)9-8-21-20-10-13-29(7)24-18-25(2,3)14-15-26(24,4)16-17-28(29,6)22(20)11-12-27(19,21)5/h10,19,21-24,30H,8-9,11-18H2,1-7H3/t19-,21+,22+,23+,24+,26+,27+,28+,29-/m0/s1. The first kappa shape index (κ1) is 21.5. The van der Waals surface area contributed by atoms with Crippen LogP contribution in [0.4, 0.5) is 0 Å². The second kappa shape index (κ2) is 6.39. The molecule has 170 valence electrons. The Morgan fingerprint density at radius 3 is 2.23 bits per heavy atom. The Bertz CT molecular complexity index is 749. The van der Waals surface area contributed by atoms with Crippen molar-refractivity contribution in [2.24, 2.45) is 50.7 Å². The van der Waals surface area contributed by atoms with E-state index in [-0.39, 0.29) is 6.10 Å². The third kappa shape index (κ3) is 2.63. The van der Waals surface area contributed by atoms with E-state index >= 15 is 0 Å². The molecule has 4 saturated carbocycles. The van der Waals surface area contributed by atoms with Gasteiger partial charge in [0.05, 0.1) is 6.10 Å². The Morgan fingerprint density at radius 1 is 0.800 bits per heavy atom. The van der Waals surface area contributed by atoms with Gasteiger partial charge in [-0.3, -0.25) is 0 Å². The van der Waals surface area contributed by atoms with Crippen LogP contribution in [0, 0.1) is 50.7 Å². The summed E-state index contributed by atoms with van der Waals surface area (Å²) in [6.07, 6.45) is 16.0. The smallest absolute Gasteiger partial charge is 0.0571 e. The maximum Gasteiger partial charge on any atom is 0.0571 e. The summed E-state index contributed by atoms with van der Waals surface area (Å²) in [7, 11) is 0. The van der Waals surface area contributed by atoms with Gasteiger partial charge in [-0.05, 0) is 115 Å². The molecule has 1 nitrogen and oxygen atoms in total. The SMILES string of the molecule is C[C@H]1[C@H](O)CC[C@@H]2C3=CC[C@@]4(C)[C@@H]5CC(C)(C)CC[C@]5(C)CC[C@]4(C)[C@@H]3CC[C@@]21C. The van der Waals surface area contributed by atoms with Crippen LogP contribution in [0.3, 0.4) is 0 Å². The molecule has 0 saturated heterocycles. The highest BCUT2D eigenvalue weighted by Gasteiger charge is 2.66. The van der Waals surface area contributed by atoms with Crippen molar-refractivity contribution in [3.63, 3.8) is 0 Å². The Labute approximate surface area is 186 Å². The van der Waals surface area contributed by atoms with Crippen LogP contribution in [0.5, 0.6) is 0 Å². The van der Waals surface area contributed by atoms with Gasteiger partial charge in [0.1, 0.15) is 0 Å². The number of fused-ring (bicyclic) bond motifs is 7. The fourth-order valence-corrected chi connectivity index (χ4v) is 9.96. The Balaban J connectivity index is 1.55. The summed E-state index contributed by atoms with van der Waals surface area (Å²) in [5.41, 5.74) is 4.10. The molecule has 5 aliphatic rings. The third-order valence-corrected chi connectivity index (χ3v) is 12.7. The van der Waals surface area contributed by atoms with Gasteiger partial charge >= 0.3 is 0 Å². The Kier molecular flexibility index (Phi) is 4.59. The normalized spacial score (nSPS) is 57.3. The van der Waals surface area contributed by atoms with Crippen molar-refractivity contribution in [3.05, 3.63) is 11.6 Å². The molecule has 4 fully saturated rings. The van der Waals surface area contributed by atoms with Crippen molar-refractivity contribution in [1.29, 1.82) is 0 Å². The molecule has 0 aliphatic heterocycles. The minimum absolute atomic E-state index is 0.0901. The molecule has 0 heterocycles. The van der Waals surface area contributed by atoms with Gasteiger partial charge in [0.25, 0.3) is 0 Å². The zero-order valence-corrected chi connectivity index (χ0v) is 21.0. The molecule has 0 aromatic carbocycles. The average Bonchev–Trinajstić information content (AvgIpc) is 2.68. The first-order valence-corrected chi connectivity index (χ1v) is 13.2. The van der Waals surface area contributed by atoms with Crippen LogP contribution in [-0.4, -0.2) is 11.2 Å². The molecule has 5 aliphatic carbocycles. The fourth-order valence-electron chi connectivity index (χ4n) is 9.96. The van der Waals surface area contributed by atoms with Gasteiger partial charge in [0.15, 0.2) is 0 Å². The molecule has 0 radical (unpaired) electrons. The topological polar surface area (TPSA) is 20.2 Å². The molecule has 0 aromatic heterocycles. The van der Waals surface area contributed by atoms with Crippen LogP contribution in [0.25, 0.3) is 0 Å². The van der Waals surface area contributed by atoms with Gasteiger partial charge in [0.2, 0.25) is 0 Å². The number of aliphatic hydroxyl groups is 1. The zero-order chi connectivity index (χ0) is 21.7. The van der Waals surface area contributed by atoms with E-state index in [9.17, 15) is 5.11 Å². The summed E-state index contributed by atoms with van der Waals surface area (Å²) >= 11 is 0. The van der Waals surface area contributed by atoms with Gasteiger partial charge < -0.3 is 5.11 Å². The second-order valence-corrected chi connectivity index (χ2v) is 14.4. The first-order chi connectivity index (χ1) is 13.9.